The molecule has 1 amide bonds. The number of para-hydroxylation sites is 1. The van der Waals surface area contributed by atoms with E-state index < -0.39 is 18.5 Å². The minimum atomic E-state index is -0.920. The molecule has 7 nitrogen and oxygen atoms in total. The quantitative estimate of drug-likeness (QED) is 0.319. The Kier molecular flexibility index (Phi) is 7.33. The highest BCUT2D eigenvalue weighted by molar-refractivity contribution is 6.00. The van der Waals surface area contributed by atoms with Gasteiger partial charge in [-0.15, -0.1) is 0 Å². The van der Waals surface area contributed by atoms with Crippen molar-refractivity contribution in [2.24, 2.45) is 0 Å². The van der Waals surface area contributed by atoms with Gasteiger partial charge in [0.25, 0.3) is 5.91 Å². The molecular weight excluding hydrogens is 358 g/mol. The van der Waals surface area contributed by atoms with Gasteiger partial charge in [-0.25, -0.2) is 4.79 Å². The van der Waals surface area contributed by atoms with Crippen LogP contribution in [0, 0.1) is 22.7 Å². The van der Waals surface area contributed by atoms with Gasteiger partial charge in [0.05, 0.1) is 13.2 Å². The minimum absolute atomic E-state index is 0.187. The van der Waals surface area contributed by atoms with E-state index >= 15 is 0 Å². The zero-order chi connectivity index (χ0) is 20.4. The van der Waals surface area contributed by atoms with Crippen molar-refractivity contribution in [3.8, 4) is 17.9 Å². The molecule has 0 unspecified atom stereocenters. The molecule has 2 aromatic carbocycles. The summed E-state index contributed by atoms with van der Waals surface area (Å²) in [6.07, 6.45) is 1.36. The third-order valence-corrected chi connectivity index (χ3v) is 3.69. The van der Waals surface area contributed by atoms with Crippen molar-refractivity contribution in [1.29, 1.82) is 10.5 Å². The fourth-order valence-corrected chi connectivity index (χ4v) is 2.29. The third-order valence-electron chi connectivity index (χ3n) is 3.69. The fraction of sp³-hybridized carbons (Fsp3) is 0.143. The first-order valence-electron chi connectivity index (χ1n) is 8.24. The second kappa shape index (κ2) is 10.1. The van der Waals surface area contributed by atoms with E-state index in [2.05, 4.69) is 0 Å². The predicted octanol–water partition coefficient (Wildman–Crippen LogP) is 2.70. The molecule has 0 aliphatic rings. The van der Waals surface area contributed by atoms with Crippen molar-refractivity contribution in [3.05, 3.63) is 65.7 Å². The number of carbonyl (C=O) groups is 2. The molecule has 0 fully saturated rings. The Morgan fingerprint density at radius 2 is 1.75 bits per heavy atom. The van der Waals surface area contributed by atoms with Crippen LogP contribution in [0.3, 0.4) is 0 Å². The maximum Gasteiger partial charge on any atom is 0.349 e. The van der Waals surface area contributed by atoms with E-state index in [1.807, 2.05) is 6.07 Å². The Labute approximate surface area is 162 Å². The monoisotopic (exact) mass is 375 g/mol. The van der Waals surface area contributed by atoms with E-state index in [4.69, 9.17) is 14.7 Å². The summed E-state index contributed by atoms with van der Waals surface area (Å²) in [6.45, 7) is -0.774. The highest BCUT2D eigenvalue weighted by atomic mass is 16.5. The van der Waals surface area contributed by atoms with Gasteiger partial charge in [0, 0.05) is 5.69 Å². The van der Waals surface area contributed by atoms with Crippen LogP contribution in [0.1, 0.15) is 5.56 Å². The van der Waals surface area contributed by atoms with Crippen molar-refractivity contribution >= 4 is 23.6 Å². The number of benzene rings is 2. The number of ether oxygens (including phenoxy) is 2. The van der Waals surface area contributed by atoms with E-state index in [0.29, 0.717) is 17.0 Å². The smallest absolute Gasteiger partial charge is 0.349 e. The van der Waals surface area contributed by atoms with E-state index in [-0.39, 0.29) is 12.1 Å². The fourth-order valence-electron chi connectivity index (χ4n) is 2.29. The number of amides is 1. The molecule has 28 heavy (non-hydrogen) atoms. The van der Waals surface area contributed by atoms with Crippen molar-refractivity contribution in [2.45, 2.75) is 0 Å². The largest absolute Gasteiger partial charge is 0.497 e. The number of hydrogen-bond acceptors (Lipinski definition) is 6. The van der Waals surface area contributed by atoms with Gasteiger partial charge in [-0.3, -0.25) is 9.69 Å². The first-order valence-corrected chi connectivity index (χ1v) is 8.24. The Bertz CT molecular complexity index is 938. The Morgan fingerprint density at radius 1 is 1.07 bits per heavy atom. The van der Waals surface area contributed by atoms with Crippen molar-refractivity contribution < 1.29 is 19.1 Å². The lowest BCUT2D eigenvalue weighted by Crippen LogP contribution is -2.35. The average Bonchev–Trinajstić information content (AvgIpc) is 2.74. The van der Waals surface area contributed by atoms with E-state index in [0.717, 1.165) is 0 Å². The van der Waals surface area contributed by atoms with Gasteiger partial charge in [0.15, 0.2) is 6.61 Å². The number of nitriles is 2. The molecule has 0 atom stereocenters. The summed E-state index contributed by atoms with van der Waals surface area (Å²) in [5, 5.41) is 18.2. The molecular formula is C21H17N3O4. The van der Waals surface area contributed by atoms with Crippen molar-refractivity contribution in [1.82, 2.24) is 0 Å². The van der Waals surface area contributed by atoms with Crippen LogP contribution in [-0.4, -0.2) is 32.1 Å². The summed E-state index contributed by atoms with van der Waals surface area (Å²) in [5.74, 6) is -0.846. The highest BCUT2D eigenvalue weighted by Gasteiger charge is 2.19. The molecule has 2 aromatic rings. The summed E-state index contributed by atoms with van der Waals surface area (Å²) in [4.78, 5) is 25.7. The molecule has 0 spiro atoms. The number of nitrogens with zero attached hydrogens (tertiary/aromatic N) is 3. The Morgan fingerprint density at radius 3 is 2.32 bits per heavy atom. The molecule has 0 N–H and O–H groups in total. The summed E-state index contributed by atoms with van der Waals surface area (Å²) in [6, 6.07) is 19.0. The second-order valence-electron chi connectivity index (χ2n) is 5.49. The van der Waals surface area contributed by atoms with Crippen LogP contribution in [0.25, 0.3) is 6.08 Å². The van der Waals surface area contributed by atoms with Gasteiger partial charge in [-0.05, 0) is 35.9 Å². The van der Waals surface area contributed by atoms with Gasteiger partial charge in [-0.1, -0.05) is 30.3 Å². The molecule has 0 aliphatic heterocycles. The maximum atomic E-state index is 12.4. The molecule has 0 saturated carbocycles. The van der Waals surface area contributed by atoms with Crippen LogP contribution < -0.4 is 9.64 Å². The third kappa shape index (κ3) is 5.45. The number of hydrogen-bond donors (Lipinski definition) is 0. The summed E-state index contributed by atoms with van der Waals surface area (Å²) in [5.41, 5.74) is 0.875. The number of esters is 1. The van der Waals surface area contributed by atoms with Crippen LogP contribution in [0.2, 0.25) is 0 Å². The number of methoxy groups -OCH3 is 1. The molecule has 2 rings (SSSR count). The van der Waals surface area contributed by atoms with Gasteiger partial charge in [-0.2, -0.15) is 10.5 Å². The van der Waals surface area contributed by atoms with Crippen LogP contribution in [-0.2, 0) is 14.3 Å². The molecule has 0 aromatic heterocycles. The molecule has 7 heteroatoms. The molecule has 0 bridgehead atoms. The lowest BCUT2D eigenvalue weighted by Gasteiger charge is -2.19. The predicted molar refractivity (Wildman–Crippen MR) is 102 cm³/mol. The normalized spacial score (nSPS) is 10.3. The van der Waals surface area contributed by atoms with Gasteiger partial charge in [0.1, 0.15) is 23.9 Å². The van der Waals surface area contributed by atoms with Crippen LogP contribution >= 0.6 is 0 Å². The molecule has 140 valence electrons. The van der Waals surface area contributed by atoms with Crippen molar-refractivity contribution in [2.75, 3.05) is 25.2 Å². The first-order chi connectivity index (χ1) is 13.6. The zero-order valence-corrected chi connectivity index (χ0v) is 15.2. The average molecular weight is 375 g/mol. The maximum absolute atomic E-state index is 12.4. The number of carbonyl (C=O) groups excluding carboxylic acids is 2. The molecule has 0 radical (unpaired) electrons. The highest BCUT2D eigenvalue weighted by Crippen LogP contribution is 2.15. The van der Waals surface area contributed by atoms with E-state index in [9.17, 15) is 14.9 Å². The van der Waals surface area contributed by atoms with E-state index in [1.165, 1.54) is 18.1 Å². The summed E-state index contributed by atoms with van der Waals surface area (Å²) in [7, 11) is 1.53. The van der Waals surface area contributed by atoms with Gasteiger partial charge in [0.2, 0.25) is 0 Å². The Hall–Kier alpha value is -4.10. The van der Waals surface area contributed by atoms with Gasteiger partial charge < -0.3 is 9.47 Å². The molecule has 0 saturated heterocycles. The van der Waals surface area contributed by atoms with Crippen molar-refractivity contribution in [3.63, 3.8) is 0 Å². The number of anilines is 1. The summed E-state index contributed by atoms with van der Waals surface area (Å²) < 4.78 is 10.0. The van der Waals surface area contributed by atoms with Crippen LogP contribution in [0.4, 0.5) is 5.69 Å². The van der Waals surface area contributed by atoms with Crippen LogP contribution in [0.15, 0.2) is 60.2 Å². The number of rotatable bonds is 7. The Balaban J connectivity index is 2.05. The lowest BCUT2D eigenvalue weighted by molar-refractivity contribution is -0.143. The van der Waals surface area contributed by atoms with Gasteiger partial charge >= 0.3 is 5.97 Å². The molecule has 0 heterocycles. The van der Waals surface area contributed by atoms with E-state index in [1.54, 1.807) is 60.7 Å². The van der Waals surface area contributed by atoms with Crippen LogP contribution in [0.5, 0.6) is 5.75 Å². The zero-order valence-electron chi connectivity index (χ0n) is 15.2. The first kappa shape index (κ1) is 20.2. The second-order valence-corrected chi connectivity index (χ2v) is 5.49. The topological polar surface area (TPSA) is 103 Å². The molecule has 0 aliphatic carbocycles. The standard InChI is InChI=1S/C21H17N3O4/c1-27-19-9-7-16(8-10-19)13-17(14-23)21(26)28-15-20(25)24(12-11-22)18-5-3-2-4-6-18/h2-10,13H,12,15H2,1H3/b17-13+. The summed E-state index contributed by atoms with van der Waals surface area (Å²) >= 11 is 0. The SMILES string of the molecule is COc1ccc(/C=C(\C#N)C(=O)OCC(=O)N(CC#N)c2ccccc2)cc1. The minimum Gasteiger partial charge on any atom is -0.497 e. The lowest BCUT2D eigenvalue weighted by atomic mass is 10.1.